The van der Waals surface area contributed by atoms with Gasteiger partial charge in [-0.05, 0) is 38.5 Å². The number of nitrogens with zero attached hydrogens (tertiary/aromatic N) is 3. The summed E-state index contributed by atoms with van der Waals surface area (Å²) in [7, 11) is 0. The molecule has 1 N–H and O–H groups in total. The number of rotatable bonds is 6. The van der Waals surface area contributed by atoms with Gasteiger partial charge in [-0.2, -0.15) is 9.78 Å². The highest BCUT2D eigenvalue weighted by atomic mass is 35.5. The molecule has 0 bridgehead atoms. The van der Waals surface area contributed by atoms with E-state index in [1.165, 1.54) is 10.9 Å². The van der Waals surface area contributed by atoms with E-state index in [9.17, 15) is 4.79 Å². The summed E-state index contributed by atoms with van der Waals surface area (Å²) in [6, 6.07) is 5.26. The number of halogens is 3. The Morgan fingerprint density at radius 2 is 1.89 bits per heavy atom. The summed E-state index contributed by atoms with van der Waals surface area (Å²) in [6.07, 6.45) is 2.87. The molecule has 0 saturated carbocycles. The molecule has 1 aliphatic rings. The second-order valence-electron chi connectivity index (χ2n) is 6.98. The van der Waals surface area contributed by atoms with Crippen LogP contribution in [0.5, 0.6) is 0 Å². The molecule has 1 fully saturated rings. The van der Waals surface area contributed by atoms with Gasteiger partial charge < -0.3 is 10.1 Å². The number of aromatic nitrogens is 2. The Kier molecular flexibility index (Phi) is 7.23. The molecular weight excluding hydrogens is 423 g/mol. The van der Waals surface area contributed by atoms with Gasteiger partial charge in [0.05, 0.1) is 39.8 Å². The van der Waals surface area contributed by atoms with Crippen LogP contribution in [0.2, 0.25) is 15.1 Å². The van der Waals surface area contributed by atoms with Crippen LogP contribution in [0.4, 0.5) is 5.69 Å². The molecule has 1 aliphatic heterocycles. The summed E-state index contributed by atoms with van der Waals surface area (Å²) in [6.45, 7) is 7.94. The van der Waals surface area contributed by atoms with Gasteiger partial charge in [0.15, 0.2) is 0 Å². The smallest absolute Gasteiger partial charge is 0.291 e. The fraction of sp³-hybridized carbons (Fsp3) is 0.474. The van der Waals surface area contributed by atoms with Crippen molar-refractivity contribution in [2.75, 3.05) is 31.5 Å². The van der Waals surface area contributed by atoms with Crippen molar-refractivity contribution >= 4 is 40.5 Å². The Balaban J connectivity index is 1.58. The molecule has 0 aliphatic carbocycles. The molecule has 9 heteroatoms. The lowest BCUT2D eigenvalue weighted by molar-refractivity contribution is -0.0678. The second-order valence-corrected chi connectivity index (χ2v) is 8.18. The van der Waals surface area contributed by atoms with Gasteiger partial charge in [0.1, 0.15) is 5.02 Å². The third kappa shape index (κ3) is 5.19. The molecule has 1 aromatic carbocycles. The molecule has 2 unspecified atom stereocenters. The SMILES string of the molecule is CC1CN(CCCNc2ccc(-n3ncc(Cl)c(Cl)c3=O)cc2Cl)CC(C)O1. The highest BCUT2D eigenvalue weighted by Gasteiger charge is 2.21. The number of anilines is 1. The van der Waals surface area contributed by atoms with Gasteiger partial charge in [-0.1, -0.05) is 34.8 Å². The van der Waals surface area contributed by atoms with Crippen LogP contribution < -0.4 is 10.9 Å². The summed E-state index contributed by atoms with van der Waals surface area (Å²) >= 11 is 18.1. The third-order valence-corrected chi connectivity index (χ3v) is 5.60. The zero-order valence-corrected chi connectivity index (χ0v) is 18.1. The predicted molar refractivity (Wildman–Crippen MR) is 114 cm³/mol. The Bertz CT molecular complexity index is 880. The van der Waals surface area contributed by atoms with Crippen molar-refractivity contribution < 1.29 is 4.74 Å². The van der Waals surface area contributed by atoms with Crippen LogP contribution in [-0.4, -0.2) is 53.1 Å². The molecule has 1 aromatic heterocycles. The van der Waals surface area contributed by atoms with E-state index in [0.717, 1.165) is 38.3 Å². The van der Waals surface area contributed by atoms with Crippen LogP contribution in [0.15, 0.2) is 29.2 Å². The zero-order chi connectivity index (χ0) is 20.3. The Morgan fingerprint density at radius 1 is 1.18 bits per heavy atom. The van der Waals surface area contributed by atoms with Crippen LogP contribution >= 0.6 is 34.8 Å². The minimum absolute atomic E-state index is 0.0678. The lowest BCUT2D eigenvalue weighted by atomic mass is 10.2. The monoisotopic (exact) mass is 444 g/mol. The maximum Gasteiger partial charge on any atom is 0.291 e. The van der Waals surface area contributed by atoms with Crippen molar-refractivity contribution in [2.45, 2.75) is 32.5 Å². The Hall–Kier alpha value is -1.31. The molecule has 3 rings (SSSR count). The molecule has 1 saturated heterocycles. The first-order valence-electron chi connectivity index (χ1n) is 9.20. The van der Waals surface area contributed by atoms with Crippen molar-refractivity contribution in [1.29, 1.82) is 0 Å². The summed E-state index contributed by atoms with van der Waals surface area (Å²) in [5, 5.41) is 7.92. The number of hydrogen-bond donors (Lipinski definition) is 1. The van der Waals surface area contributed by atoms with Gasteiger partial charge in [-0.3, -0.25) is 9.69 Å². The minimum Gasteiger partial charge on any atom is -0.384 e. The molecule has 0 radical (unpaired) electrons. The van der Waals surface area contributed by atoms with E-state index in [1.54, 1.807) is 12.1 Å². The van der Waals surface area contributed by atoms with Crippen molar-refractivity contribution in [3.63, 3.8) is 0 Å². The van der Waals surface area contributed by atoms with E-state index in [4.69, 9.17) is 39.5 Å². The largest absolute Gasteiger partial charge is 0.384 e. The Morgan fingerprint density at radius 3 is 2.57 bits per heavy atom. The predicted octanol–water partition coefficient (Wildman–Crippen LogP) is 4.10. The van der Waals surface area contributed by atoms with Gasteiger partial charge in [-0.15, -0.1) is 0 Å². The molecular formula is C19H23Cl3N4O2. The number of benzene rings is 1. The van der Waals surface area contributed by atoms with Gasteiger partial charge in [0.25, 0.3) is 5.56 Å². The van der Waals surface area contributed by atoms with E-state index in [1.807, 2.05) is 6.07 Å². The van der Waals surface area contributed by atoms with E-state index in [2.05, 4.69) is 29.2 Å². The molecule has 2 aromatic rings. The number of morpholine rings is 1. The molecule has 2 atom stereocenters. The molecule has 2 heterocycles. The summed E-state index contributed by atoms with van der Waals surface area (Å²) in [5.74, 6) is 0. The van der Waals surface area contributed by atoms with E-state index < -0.39 is 5.56 Å². The van der Waals surface area contributed by atoms with Crippen molar-refractivity contribution in [3.05, 3.63) is 49.8 Å². The van der Waals surface area contributed by atoms with Crippen LogP contribution in [0, 0.1) is 0 Å². The highest BCUT2D eigenvalue weighted by molar-refractivity contribution is 6.41. The average molecular weight is 446 g/mol. The number of nitrogens with one attached hydrogen (secondary N) is 1. The molecule has 6 nitrogen and oxygen atoms in total. The lowest BCUT2D eigenvalue weighted by Gasteiger charge is -2.35. The third-order valence-electron chi connectivity index (χ3n) is 4.54. The Labute approximate surface area is 179 Å². The maximum atomic E-state index is 12.2. The average Bonchev–Trinajstić information content (AvgIpc) is 2.64. The molecule has 0 amide bonds. The van der Waals surface area contributed by atoms with Crippen molar-refractivity contribution in [1.82, 2.24) is 14.7 Å². The number of hydrogen-bond acceptors (Lipinski definition) is 5. The molecule has 28 heavy (non-hydrogen) atoms. The van der Waals surface area contributed by atoms with Crippen LogP contribution in [-0.2, 0) is 4.74 Å². The van der Waals surface area contributed by atoms with Gasteiger partial charge in [0.2, 0.25) is 0 Å². The zero-order valence-electron chi connectivity index (χ0n) is 15.8. The van der Waals surface area contributed by atoms with Crippen LogP contribution in [0.25, 0.3) is 5.69 Å². The van der Waals surface area contributed by atoms with E-state index in [0.29, 0.717) is 10.7 Å². The second kappa shape index (κ2) is 9.46. The van der Waals surface area contributed by atoms with Gasteiger partial charge in [0, 0.05) is 26.2 Å². The van der Waals surface area contributed by atoms with Crippen LogP contribution in [0.3, 0.4) is 0 Å². The van der Waals surface area contributed by atoms with E-state index >= 15 is 0 Å². The maximum absolute atomic E-state index is 12.2. The molecule has 152 valence electrons. The normalized spacial score (nSPS) is 20.3. The van der Waals surface area contributed by atoms with Gasteiger partial charge in [-0.25, -0.2) is 0 Å². The lowest BCUT2D eigenvalue weighted by Crippen LogP contribution is -2.45. The fourth-order valence-corrected chi connectivity index (χ4v) is 3.86. The first kappa shape index (κ1) is 21.4. The first-order valence-corrected chi connectivity index (χ1v) is 10.3. The highest BCUT2D eigenvalue weighted by Crippen LogP contribution is 2.25. The van der Waals surface area contributed by atoms with Crippen LogP contribution in [0.1, 0.15) is 20.3 Å². The van der Waals surface area contributed by atoms with E-state index in [-0.39, 0.29) is 22.3 Å². The number of ether oxygens (including phenoxy) is 1. The first-order chi connectivity index (χ1) is 13.3. The minimum atomic E-state index is -0.486. The standard InChI is InChI=1S/C19H23Cl3N4O2/c1-12-10-25(11-13(2)28-12)7-3-6-23-17-5-4-14(8-15(17)20)26-19(27)18(22)16(21)9-24-26/h4-5,8-9,12-13,23H,3,6-7,10-11H2,1-2H3. The molecule has 0 spiro atoms. The summed E-state index contributed by atoms with van der Waals surface area (Å²) in [5.41, 5.74) is 0.845. The van der Waals surface area contributed by atoms with Crippen molar-refractivity contribution in [2.24, 2.45) is 0 Å². The fourth-order valence-electron chi connectivity index (χ4n) is 3.37. The van der Waals surface area contributed by atoms with Crippen molar-refractivity contribution in [3.8, 4) is 5.69 Å². The van der Waals surface area contributed by atoms with Gasteiger partial charge >= 0.3 is 0 Å². The quantitative estimate of drug-likeness (QED) is 0.678. The summed E-state index contributed by atoms with van der Waals surface area (Å²) in [4.78, 5) is 14.6. The topological polar surface area (TPSA) is 59.4 Å². The summed E-state index contributed by atoms with van der Waals surface area (Å²) < 4.78 is 6.93.